The summed E-state index contributed by atoms with van der Waals surface area (Å²) in [5.41, 5.74) is 0.486. The molecule has 1 aromatic rings. The largest absolute Gasteiger partial charge is 0.379 e. The summed E-state index contributed by atoms with van der Waals surface area (Å²) in [4.78, 5) is 26.3. The number of hydrogen-bond donors (Lipinski definition) is 2. The van der Waals surface area contributed by atoms with Gasteiger partial charge < -0.3 is 15.4 Å². The van der Waals surface area contributed by atoms with E-state index in [4.69, 9.17) is 4.74 Å². The molecule has 1 atom stereocenters. The third kappa shape index (κ3) is 6.92. The normalized spacial score (nSPS) is 16.6. The molecule has 6 nitrogen and oxygen atoms in total. The number of ether oxygens (including phenoxy) is 1. The third-order valence-electron chi connectivity index (χ3n) is 4.55. The number of nitrogens with zero attached hydrogens (tertiary/aromatic N) is 1. The third-order valence-corrected chi connectivity index (χ3v) is 4.55. The predicted octanol–water partition coefficient (Wildman–Crippen LogP) is 1.87. The van der Waals surface area contributed by atoms with Gasteiger partial charge in [0.2, 0.25) is 11.8 Å². The standard InChI is InChI=1S/C20H30FN3O3/c1-20(2,3)19(26)22-9-8-18(25)23-14-17(24-10-12-27-13-11-24)15-4-6-16(21)7-5-15/h4-7,17H,8-14H2,1-3H3,(H,22,26)(H,23,25). The second-order valence-corrected chi connectivity index (χ2v) is 7.78. The molecule has 1 unspecified atom stereocenters. The number of halogens is 1. The smallest absolute Gasteiger partial charge is 0.225 e. The van der Waals surface area contributed by atoms with Crippen LogP contribution in [0.15, 0.2) is 24.3 Å². The van der Waals surface area contributed by atoms with Crippen molar-refractivity contribution in [1.29, 1.82) is 0 Å². The number of carbonyl (C=O) groups is 2. The number of morpholine rings is 1. The molecule has 0 bridgehead atoms. The Balaban J connectivity index is 1.88. The van der Waals surface area contributed by atoms with Crippen molar-refractivity contribution in [2.24, 2.45) is 5.41 Å². The summed E-state index contributed by atoms with van der Waals surface area (Å²) in [5, 5.41) is 5.71. The molecule has 27 heavy (non-hydrogen) atoms. The Hall–Kier alpha value is -1.99. The molecule has 1 aromatic carbocycles. The second-order valence-electron chi connectivity index (χ2n) is 7.78. The van der Waals surface area contributed by atoms with Crippen LogP contribution in [0.5, 0.6) is 0 Å². The van der Waals surface area contributed by atoms with Crippen LogP contribution >= 0.6 is 0 Å². The predicted molar refractivity (Wildman–Crippen MR) is 102 cm³/mol. The molecule has 1 saturated heterocycles. The van der Waals surface area contributed by atoms with Crippen LogP contribution in [0.25, 0.3) is 0 Å². The molecule has 0 spiro atoms. The number of rotatable bonds is 7. The van der Waals surface area contributed by atoms with Gasteiger partial charge in [-0.3, -0.25) is 14.5 Å². The van der Waals surface area contributed by atoms with Crippen molar-refractivity contribution in [1.82, 2.24) is 15.5 Å². The van der Waals surface area contributed by atoms with E-state index in [-0.39, 0.29) is 30.1 Å². The molecule has 0 radical (unpaired) electrons. The van der Waals surface area contributed by atoms with E-state index in [1.165, 1.54) is 12.1 Å². The molecule has 2 amide bonds. The summed E-state index contributed by atoms with van der Waals surface area (Å²) in [7, 11) is 0. The van der Waals surface area contributed by atoms with E-state index >= 15 is 0 Å². The fraction of sp³-hybridized carbons (Fsp3) is 0.600. The molecular formula is C20H30FN3O3. The Morgan fingerprint density at radius 2 is 1.78 bits per heavy atom. The lowest BCUT2D eigenvalue weighted by atomic mass is 9.96. The van der Waals surface area contributed by atoms with E-state index in [1.807, 2.05) is 20.8 Å². The molecule has 150 valence electrons. The fourth-order valence-electron chi connectivity index (χ4n) is 2.89. The van der Waals surface area contributed by atoms with Gasteiger partial charge in [-0.05, 0) is 17.7 Å². The second kappa shape index (κ2) is 9.80. The van der Waals surface area contributed by atoms with Gasteiger partial charge in [0.05, 0.1) is 19.3 Å². The first-order chi connectivity index (χ1) is 12.8. The van der Waals surface area contributed by atoms with Crippen molar-refractivity contribution in [3.05, 3.63) is 35.6 Å². The fourth-order valence-corrected chi connectivity index (χ4v) is 2.89. The van der Waals surface area contributed by atoms with Crippen molar-refractivity contribution < 1.29 is 18.7 Å². The molecule has 0 aromatic heterocycles. The number of benzene rings is 1. The van der Waals surface area contributed by atoms with E-state index in [2.05, 4.69) is 15.5 Å². The highest BCUT2D eigenvalue weighted by Crippen LogP contribution is 2.21. The zero-order chi connectivity index (χ0) is 19.9. The van der Waals surface area contributed by atoms with Gasteiger partial charge in [0, 0.05) is 38.0 Å². The molecular weight excluding hydrogens is 349 g/mol. The first-order valence-corrected chi connectivity index (χ1v) is 9.39. The van der Waals surface area contributed by atoms with Crippen LogP contribution in [0.4, 0.5) is 4.39 Å². The molecule has 1 aliphatic rings. The number of nitrogens with one attached hydrogen (secondary N) is 2. The van der Waals surface area contributed by atoms with Crippen molar-refractivity contribution in [3.63, 3.8) is 0 Å². The Bertz CT molecular complexity index is 622. The number of carbonyl (C=O) groups excluding carboxylic acids is 2. The molecule has 7 heteroatoms. The quantitative estimate of drug-likeness (QED) is 0.759. The van der Waals surface area contributed by atoms with Crippen LogP contribution in [0, 0.1) is 11.2 Å². The molecule has 0 aliphatic carbocycles. The molecule has 2 rings (SSSR count). The highest BCUT2D eigenvalue weighted by Gasteiger charge is 2.24. The summed E-state index contributed by atoms with van der Waals surface area (Å²) in [6.07, 6.45) is 0.223. The SMILES string of the molecule is CC(C)(C)C(=O)NCCC(=O)NCC(c1ccc(F)cc1)N1CCOCC1. The van der Waals surface area contributed by atoms with E-state index in [0.29, 0.717) is 26.3 Å². The van der Waals surface area contributed by atoms with Crippen molar-refractivity contribution in [2.75, 3.05) is 39.4 Å². The van der Waals surface area contributed by atoms with Gasteiger partial charge in [0.25, 0.3) is 0 Å². The van der Waals surface area contributed by atoms with Crippen LogP contribution in [0.2, 0.25) is 0 Å². The highest BCUT2D eigenvalue weighted by atomic mass is 19.1. The van der Waals surface area contributed by atoms with E-state index in [1.54, 1.807) is 12.1 Å². The Kier molecular flexibility index (Phi) is 7.74. The average Bonchev–Trinajstić information content (AvgIpc) is 2.63. The van der Waals surface area contributed by atoms with E-state index in [0.717, 1.165) is 18.7 Å². The maximum atomic E-state index is 13.3. The monoisotopic (exact) mass is 379 g/mol. The Labute approximate surface area is 160 Å². The molecule has 2 N–H and O–H groups in total. The lowest BCUT2D eigenvalue weighted by Crippen LogP contribution is -2.44. The summed E-state index contributed by atoms with van der Waals surface area (Å²) >= 11 is 0. The maximum Gasteiger partial charge on any atom is 0.225 e. The number of amides is 2. The van der Waals surface area contributed by atoms with Gasteiger partial charge in [0.1, 0.15) is 5.82 Å². The number of hydrogen-bond acceptors (Lipinski definition) is 4. The van der Waals surface area contributed by atoms with Crippen molar-refractivity contribution >= 4 is 11.8 Å². The van der Waals surface area contributed by atoms with Gasteiger partial charge in [0.15, 0.2) is 0 Å². The van der Waals surface area contributed by atoms with E-state index in [9.17, 15) is 14.0 Å². The lowest BCUT2D eigenvalue weighted by molar-refractivity contribution is -0.128. The van der Waals surface area contributed by atoms with Crippen LogP contribution in [-0.4, -0.2) is 56.1 Å². The topological polar surface area (TPSA) is 70.7 Å². The van der Waals surface area contributed by atoms with Gasteiger partial charge in [-0.15, -0.1) is 0 Å². The minimum atomic E-state index is -0.472. The van der Waals surface area contributed by atoms with Gasteiger partial charge in [-0.25, -0.2) is 4.39 Å². The summed E-state index contributed by atoms with van der Waals surface area (Å²) in [5.74, 6) is -0.476. The van der Waals surface area contributed by atoms with Gasteiger partial charge in [-0.1, -0.05) is 32.9 Å². The van der Waals surface area contributed by atoms with Crippen LogP contribution in [0.1, 0.15) is 38.8 Å². The summed E-state index contributed by atoms with van der Waals surface area (Å²) < 4.78 is 18.7. The molecule has 1 fully saturated rings. The van der Waals surface area contributed by atoms with Crippen LogP contribution < -0.4 is 10.6 Å². The summed E-state index contributed by atoms with van der Waals surface area (Å²) in [6.45, 7) is 9.04. The zero-order valence-corrected chi connectivity index (χ0v) is 16.4. The minimum absolute atomic E-state index is 0.0392. The maximum absolute atomic E-state index is 13.3. The first-order valence-electron chi connectivity index (χ1n) is 9.39. The molecule has 1 aliphatic heterocycles. The average molecular weight is 379 g/mol. The molecule has 0 saturated carbocycles. The van der Waals surface area contributed by atoms with Gasteiger partial charge >= 0.3 is 0 Å². The van der Waals surface area contributed by atoms with Crippen molar-refractivity contribution in [2.45, 2.75) is 33.2 Å². The zero-order valence-electron chi connectivity index (χ0n) is 16.4. The first kappa shape index (κ1) is 21.3. The van der Waals surface area contributed by atoms with Gasteiger partial charge in [-0.2, -0.15) is 0 Å². The minimum Gasteiger partial charge on any atom is -0.379 e. The van der Waals surface area contributed by atoms with Crippen LogP contribution in [0.3, 0.4) is 0 Å². The van der Waals surface area contributed by atoms with Crippen LogP contribution in [-0.2, 0) is 14.3 Å². The van der Waals surface area contributed by atoms with E-state index < -0.39 is 5.41 Å². The lowest BCUT2D eigenvalue weighted by Gasteiger charge is -2.35. The Morgan fingerprint density at radius 1 is 1.15 bits per heavy atom. The molecule has 1 heterocycles. The Morgan fingerprint density at radius 3 is 2.37 bits per heavy atom. The van der Waals surface area contributed by atoms with Crippen molar-refractivity contribution in [3.8, 4) is 0 Å². The highest BCUT2D eigenvalue weighted by molar-refractivity contribution is 5.82. The summed E-state index contributed by atoms with van der Waals surface area (Å²) in [6, 6.07) is 6.35.